The summed E-state index contributed by atoms with van der Waals surface area (Å²) < 4.78 is 5.27. The fourth-order valence-corrected chi connectivity index (χ4v) is 3.34. The molecule has 2 amide bonds. The quantitative estimate of drug-likeness (QED) is 0.360. The maximum Gasteiger partial charge on any atom is 0.306 e. The third-order valence-electron chi connectivity index (χ3n) is 5.26. The molecule has 1 heterocycles. The Labute approximate surface area is 174 Å². The Balaban J connectivity index is 2.67. The minimum Gasteiger partial charge on any atom is -0.463 e. The Morgan fingerprint density at radius 1 is 1.28 bits per heavy atom. The van der Waals surface area contributed by atoms with Gasteiger partial charge in [0.05, 0.1) is 24.6 Å². The first kappa shape index (κ1) is 24.9. The summed E-state index contributed by atoms with van der Waals surface area (Å²) in [5.74, 6) is -1.19. The van der Waals surface area contributed by atoms with Crippen LogP contribution in [0.15, 0.2) is 25.3 Å². The summed E-state index contributed by atoms with van der Waals surface area (Å²) in [6.07, 6.45) is 6.18. The maximum absolute atomic E-state index is 12.8. The zero-order valence-electron chi connectivity index (χ0n) is 17.8. The van der Waals surface area contributed by atoms with Gasteiger partial charge in [0.25, 0.3) is 0 Å². The van der Waals surface area contributed by atoms with Crippen molar-refractivity contribution < 1.29 is 24.2 Å². The third kappa shape index (κ3) is 8.40. The van der Waals surface area contributed by atoms with Crippen LogP contribution in [0.3, 0.4) is 0 Å². The number of allylic oxidation sites excluding steroid dienone is 2. The fraction of sp³-hybridized carbons (Fsp3) is 0.682. The Morgan fingerprint density at radius 3 is 2.59 bits per heavy atom. The lowest BCUT2D eigenvalue weighted by molar-refractivity contribution is -0.145. The highest BCUT2D eigenvalue weighted by Crippen LogP contribution is 2.21. The van der Waals surface area contributed by atoms with Crippen LogP contribution in [0.1, 0.15) is 52.4 Å². The first-order chi connectivity index (χ1) is 13.8. The highest BCUT2D eigenvalue weighted by atomic mass is 16.5. The molecule has 0 spiro atoms. The van der Waals surface area contributed by atoms with Crippen LogP contribution >= 0.6 is 0 Å². The smallest absolute Gasteiger partial charge is 0.306 e. The number of likely N-dealkylation sites (tertiary alicyclic amines) is 1. The normalized spacial score (nSPS) is 18.2. The van der Waals surface area contributed by atoms with Gasteiger partial charge >= 0.3 is 5.97 Å². The molecule has 29 heavy (non-hydrogen) atoms. The summed E-state index contributed by atoms with van der Waals surface area (Å²) in [6.45, 7) is 11.8. The molecule has 2 N–H and O–H groups in total. The van der Waals surface area contributed by atoms with Crippen LogP contribution in [0, 0.1) is 11.8 Å². The largest absolute Gasteiger partial charge is 0.463 e. The van der Waals surface area contributed by atoms with Gasteiger partial charge in [-0.05, 0) is 31.6 Å². The van der Waals surface area contributed by atoms with Crippen LogP contribution in [0.4, 0.5) is 0 Å². The van der Waals surface area contributed by atoms with Crippen LogP contribution in [0.5, 0.6) is 0 Å². The third-order valence-corrected chi connectivity index (χ3v) is 5.26. The molecule has 3 atom stereocenters. The molecule has 0 saturated carbocycles. The number of nitrogens with one attached hydrogen (secondary N) is 1. The topological polar surface area (TPSA) is 95.9 Å². The van der Waals surface area contributed by atoms with Crippen molar-refractivity contribution in [2.24, 2.45) is 11.8 Å². The summed E-state index contributed by atoms with van der Waals surface area (Å²) in [5.41, 5.74) is 0. The summed E-state index contributed by atoms with van der Waals surface area (Å²) in [4.78, 5) is 38.9. The van der Waals surface area contributed by atoms with Crippen LogP contribution < -0.4 is 5.32 Å². The molecule has 1 fully saturated rings. The van der Waals surface area contributed by atoms with Crippen molar-refractivity contribution in [2.45, 2.75) is 64.5 Å². The van der Waals surface area contributed by atoms with Crippen LogP contribution in [-0.4, -0.2) is 59.6 Å². The van der Waals surface area contributed by atoms with E-state index in [-0.39, 0.29) is 61.8 Å². The lowest BCUT2D eigenvalue weighted by Crippen LogP contribution is -2.46. The molecule has 1 aliphatic heterocycles. The fourth-order valence-electron chi connectivity index (χ4n) is 3.34. The summed E-state index contributed by atoms with van der Waals surface area (Å²) in [6, 6.07) is -0.497. The molecule has 0 radical (unpaired) electrons. The van der Waals surface area contributed by atoms with Gasteiger partial charge in [0, 0.05) is 19.4 Å². The highest BCUT2D eigenvalue weighted by molar-refractivity contribution is 5.86. The first-order valence-electron chi connectivity index (χ1n) is 10.4. The second-order valence-corrected chi connectivity index (χ2v) is 7.86. The van der Waals surface area contributed by atoms with Crippen LogP contribution in [0.2, 0.25) is 0 Å². The molecule has 1 rings (SSSR count). The van der Waals surface area contributed by atoms with Gasteiger partial charge in [0.1, 0.15) is 6.61 Å². The Morgan fingerprint density at radius 2 is 2.00 bits per heavy atom. The van der Waals surface area contributed by atoms with Crippen molar-refractivity contribution in [3.8, 4) is 0 Å². The number of esters is 1. The standard InChI is InChI=1S/C22H36N2O5/c1-5-7-11-21(27)29-15-19(16(3)4)23-22(28)17(9-6-2)13-20(26)24-12-8-10-18(24)14-25/h5-6,16-19,25H,1-2,7-15H2,3-4H3,(H,23,28). The minimum atomic E-state index is -0.544. The number of rotatable bonds is 13. The van der Waals surface area contributed by atoms with E-state index in [1.807, 2.05) is 13.8 Å². The second kappa shape index (κ2) is 13.1. The van der Waals surface area contributed by atoms with E-state index in [1.54, 1.807) is 17.1 Å². The number of carbonyl (C=O) groups is 3. The van der Waals surface area contributed by atoms with E-state index < -0.39 is 5.92 Å². The number of hydrogen-bond donors (Lipinski definition) is 2. The molecular formula is C22H36N2O5. The van der Waals surface area contributed by atoms with Crippen molar-refractivity contribution in [1.29, 1.82) is 0 Å². The molecule has 1 saturated heterocycles. The number of nitrogens with zero attached hydrogens (tertiary/aromatic N) is 1. The predicted molar refractivity (Wildman–Crippen MR) is 112 cm³/mol. The van der Waals surface area contributed by atoms with Crippen molar-refractivity contribution in [3.63, 3.8) is 0 Å². The molecule has 0 aromatic heterocycles. The van der Waals surface area contributed by atoms with E-state index in [1.165, 1.54) is 0 Å². The van der Waals surface area contributed by atoms with Gasteiger partial charge in [-0.15, -0.1) is 13.2 Å². The van der Waals surface area contributed by atoms with Crippen molar-refractivity contribution in [3.05, 3.63) is 25.3 Å². The molecule has 3 unspecified atom stereocenters. The molecule has 164 valence electrons. The number of ether oxygens (including phenoxy) is 1. The number of hydrogen-bond acceptors (Lipinski definition) is 5. The van der Waals surface area contributed by atoms with E-state index >= 15 is 0 Å². The SMILES string of the molecule is C=CCCC(=O)OCC(NC(=O)C(CC=C)CC(=O)N1CCCC1CO)C(C)C. The van der Waals surface area contributed by atoms with E-state index in [9.17, 15) is 19.5 Å². The monoisotopic (exact) mass is 408 g/mol. The van der Waals surface area contributed by atoms with E-state index in [4.69, 9.17) is 4.74 Å². The number of aliphatic hydroxyl groups is 1. The van der Waals surface area contributed by atoms with Gasteiger partial charge in [0.15, 0.2) is 0 Å². The lowest BCUT2D eigenvalue weighted by Gasteiger charge is -2.27. The summed E-state index contributed by atoms with van der Waals surface area (Å²) in [5, 5.41) is 12.4. The van der Waals surface area contributed by atoms with Crippen LogP contribution in [0.25, 0.3) is 0 Å². The Hall–Kier alpha value is -2.15. The average Bonchev–Trinajstić information content (AvgIpc) is 3.17. The van der Waals surface area contributed by atoms with Gasteiger partial charge < -0.3 is 20.1 Å². The van der Waals surface area contributed by atoms with Gasteiger partial charge in [-0.25, -0.2) is 0 Å². The van der Waals surface area contributed by atoms with E-state index in [2.05, 4.69) is 18.5 Å². The van der Waals surface area contributed by atoms with Crippen LogP contribution in [-0.2, 0) is 19.1 Å². The number of carbonyl (C=O) groups excluding carboxylic acids is 3. The summed E-state index contributed by atoms with van der Waals surface area (Å²) in [7, 11) is 0. The van der Waals surface area contributed by atoms with Gasteiger partial charge in [-0.3, -0.25) is 14.4 Å². The number of amides is 2. The molecule has 7 heteroatoms. The van der Waals surface area contributed by atoms with Gasteiger partial charge in [0.2, 0.25) is 11.8 Å². The molecule has 0 aliphatic carbocycles. The Kier molecular flexibility index (Phi) is 11.3. The zero-order chi connectivity index (χ0) is 21.8. The average molecular weight is 409 g/mol. The predicted octanol–water partition coefficient (Wildman–Crippen LogP) is 2.20. The lowest BCUT2D eigenvalue weighted by atomic mass is 9.97. The molecule has 0 aromatic carbocycles. The molecular weight excluding hydrogens is 372 g/mol. The number of aliphatic hydroxyl groups excluding tert-OH is 1. The van der Waals surface area contributed by atoms with E-state index in [0.717, 1.165) is 12.8 Å². The van der Waals surface area contributed by atoms with Gasteiger partial charge in [-0.2, -0.15) is 0 Å². The van der Waals surface area contributed by atoms with Crippen molar-refractivity contribution in [2.75, 3.05) is 19.8 Å². The first-order valence-corrected chi connectivity index (χ1v) is 10.4. The Bertz CT molecular complexity index is 576. The van der Waals surface area contributed by atoms with Gasteiger partial charge in [-0.1, -0.05) is 26.0 Å². The van der Waals surface area contributed by atoms with E-state index in [0.29, 0.717) is 19.4 Å². The molecule has 0 bridgehead atoms. The highest BCUT2D eigenvalue weighted by Gasteiger charge is 2.32. The van der Waals surface area contributed by atoms with Crippen molar-refractivity contribution in [1.82, 2.24) is 10.2 Å². The molecule has 1 aliphatic rings. The zero-order valence-corrected chi connectivity index (χ0v) is 17.8. The molecule has 0 aromatic rings. The summed E-state index contributed by atoms with van der Waals surface area (Å²) >= 11 is 0. The van der Waals surface area contributed by atoms with Crippen molar-refractivity contribution >= 4 is 17.8 Å². The maximum atomic E-state index is 12.8. The second-order valence-electron chi connectivity index (χ2n) is 7.86. The molecule has 7 nitrogen and oxygen atoms in total. The minimum absolute atomic E-state index is 0.0588.